The van der Waals surface area contributed by atoms with Crippen LogP contribution in [0.3, 0.4) is 0 Å². The molecule has 0 spiro atoms. The highest BCUT2D eigenvalue weighted by atomic mass is 35.5. The molecule has 2 aromatic carbocycles. The Morgan fingerprint density at radius 2 is 1.74 bits per heavy atom. The second kappa shape index (κ2) is 9.25. The number of benzene rings is 2. The number of hydrogen-bond donors (Lipinski definition) is 1. The molecule has 1 saturated heterocycles. The summed E-state index contributed by atoms with van der Waals surface area (Å²) in [7, 11) is 0. The van der Waals surface area contributed by atoms with E-state index in [1.54, 1.807) is 0 Å². The van der Waals surface area contributed by atoms with Gasteiger partial charge in [-0.3, -0.25) is 9.69 Å². The molecule has 5 heteroatoms. The van der Waals surface area contributed by atoms with Crippen LogP contribution < -0.4 is 10.2 Å². The van der Waals surface area contributed by atoms with E-state index >= 15 is 0 Å². The largest absolute Gasteiger partial charge is 0.369 e. The Bertz CT molecular complexity index is 744. The normalized spacial score (nSPS) is 17.4. The van der Waals surface area contributed by atoms with Crippen molar-refractivity contribution in [3.05, 3.63) is 65.2 Å². The molecule has 0 bridgehead atoms. The van der Waals surface area contributed by atoms with Crippen LogP contribution in [0.1, 0.15) is 25.3 Å². The number of nitrogens with one attached hydrogen (secondary N) is 1. The number of anilines is 1. The summed E-state index contributed by atoms with van der Waals surface area (Å²) in [6.45, 7) is 8.35. The number of amides is 1. The standard InChI is InChI=1S/C22H28ClN3O/c1-17(19-7-4-3-5-8-19)16-24-22(27)18(2)25-11-13-26(14-12-25)21-10-6-9-20(23)15-21/h3-10,15,17-18H,11-14,16H2,1-2H3,(H,24,27). The van der Waals surface area contributed by atoms with E-state index in [-0.39, 0.29) is 11.9 Å². The fraction of sp³-hybridized carbons (Fsp3) is 0.409. The van der Waals surface area contributed by atoms with E-state index in [0.717, 1.165) is 36.9 Å². The van der Waals surface area contributed by atoms with Crippen LogP contribution in [0.15, 0.2) is 54.6 Å². The van der Waals surface area contributed by atoms with E-state index < -0.39 is 0 Å². The van der Waals surface area contributed by atoms with E-state index in [0.29, 0.717) is 12.5 Å². The molecule has 27 heavy (non-hydrogen) atoms. The van der Waals surface area contributed by atoms with Gasteiger partial charge in [0.15, 0.2) is 0 Å². The van der Waals surface area contributed by atoms with Gasteiger partial charge in [0.25, 0.3) is 0 Å². The average Bonchev–Trinajstić information content (AvgIpc) is 2.72. The minimum atomic E-state index is -0.116. The van der Waals surface area contributed by atoms with Crippen molar-refractivity contribution in [3.8, 4) is 0 Å². The number of rotatable bonds is 6. The number of nitrogens with zero attached hydrogens (tertiary/aromatic N) is 2. The molecule has 2 atom stereocenters. The molecule has 1 aliphatic heterocycles. The van der Waals surface area contributed by atoms with Crippen molar-refractivity contribution in [1.82, 2.24) is 10.2 Å². The first-order valence-electron chi connectivity index (χ1n) is 9.62. The van der Waals surface area contributed by atoms with Crippen LogP contribution in [0.25, 0.3) is 0 Å². The summed E-state index contributed by atoms with van der Waals surface area (Å²) in [6, 6.07) is 18.1. The number of halogens is 1. The van der Waals surface area contributed by atoms with Gasteiger partial charge in [-0.25, -0.2) is 0 Å². The lowest BCUT2D eigenvalue weighted by Crippen LogP contribution is -2.54. The predicted molar refractivity (Wildman–Crippen MR) is 113 cm³/mol. The summed E-state index contributed by atoms with van der Waals surface area (Å²) >= 11 is 6.10. The van der Waals surface area contributed by atoms with Gasteiger partial charge in [-0.1, -0.05) is 54.9 Å². The first-order chi connectivity index (χ1) is 13.0. The molecule has 2 aromatic rings. The predicted octanol–water partition coefficient (Wildman–Crippen LogP) is 3.77. The van der Waals surface area contributed by atoms with Crippen LogP contribution in [0.5, 0.6) is 0 Å². The van der Waals surface area contributed by atoms with E-state index in [4.69, 9.17) is 11.6 Å². The minimum Gasteiger partial charge on any atom is -0.369 e. The van der Waals surface area contributed by atoms with Gasteiger partial charge in [0.05, 0.1) is 6.04 Å². The molecular formula is C22H28ClN3O. The SMILES string of the molecule is CC(CNC(=O)C(C)N1CCN(c2cccc(Cl)c2)CC1)c1ccccc1. The third-order valence-electron chi connectivity index (χ3n) is 5.37. The van der Waals surface area contributed by atoms with Gasteiger partial charge in [-0.2, -0.15) is 0 Å². The maximum absolute atomic E-state index is 12.6. The Morgan fingerprint density at radius 3 is 2.41 bits per heavy atom. The van der Waals surface area contributed by atoms with Crippen LogP contribution in [0.4, 0.5) is 5.69 Å². The van der Waals surface area contributed by atoms with Gasteiger partial charge in [0.1, 0.15) is 0 Å². The fourth-order valence-electron chi connectivity index (χ4n) is 3.51. The Hall–Kier alpha value is -2.04. The summed E-state index contributed by atoms with van der Waals surface area (Å²) < 4.78 is 0. The average molecular weight is 386 g/mol. The van der Waals surface area contributed by atoms with Crippen molar-refractivity contribution in [2.24, 2.45) is 0 Å². The molecular weight excluding hydrogens is 358 g/mol. The lowest BCUT2D eigenvalue weighted by atomic mass is 10.0. The van der Waals surface area contributed by atoms with Crippen molar-refractivity contribution >= 4 is 23.2 Å². The fourth-order valence-corrected chi connectivity index (χ4v) is 3.69. The second-order valence-electron chi connectivity index (χ2n) is 7.24. The lowest BCUT2D eigenvalue weighted by Gasteiger charge is -2.38. The van der Waals surface area contributed by atoms with Gasteiger partial charge in [-0.15, -0.1) is 0 Å². The number of hydrogen-bond acceptors (Lipinski definition) is 3. The molecule has 0 aliphatic carbocycles. The van der Waals surface area contributed by atoms with Crippen LogP contribution in [0.2, 0.25) is 5.02 Å². The molecule has 0 saturated carbocycles. The highest BCUT2D eigenvalue weighted by molar-refractivity contribution is 6.30. The molecule has 1 N–H and O–H groups in total. The molecule has 4 nitrogen and oxygen atoms in total. The van der Waals surface area contributed by atoms with Crippen molar-refractivity contribution in [3.63, 3.8) is 0 Å². The molecule has 144 valence electrons. The van der Waals surface area contributed by atoms with E-state index in [1.807, 2.05) is 43.3 Å². The maximum Gasteiger partial charge on any atom is 0.237 e. The van der Waals surface area contributed by atoms with Crippen molar-refractivity contribution < 1.29 is 4.79 Å². The van der Waals surface area contributed by atoms with E-state index in [2.05, 4.69) is 40.2 Å². The second-order valence-corrected chi connectivity index (χ2v) is 7.67. The topological polar surface area (TPSA) is 35.6 Å². The Morgan fingerprint density at radius 1 is 1.04 bits per heavy atom. The van der Waals surface area contributed by atoms with Gasteiger partial charge in [0, 0.05) is 43.4 Å². The molecule has 1 aliphatic rings. The van der Waals surface area contributed by atoms with Crippen LogP contribution in [0, 0.1) is 0 Å². The zero-order valence-corrected chi connectivity index (χ0v) is 16.8. The molecule has 0 radical (unpaired) electrons. The van der Waals surface area contributed by atoms with Crippen LogP contribution >= 0.6 is 11.6 Å². The number of carbonyl (C=O) groups is 1. The summed E-state index contributed by atoms with van der Waals surface area (Å²) in [6.07, 6.45) is 0. The van der Waals surface area contributed by atoms with E-state index in [1.165, 1.54) is 5.56 Å². The number of piperazine rings is 1. The zero-order valence-electron chi connectivity index (χ0n) is 16.1. The first kappa shape index (κ1) is 19.7. The Kier molecular flexibility index (Phi) is 6.75. The van der Waals surface area contributed by atoms with Gasteiger partial charge in [-0.05, 0) is 36.6 Å². The molecule has 1 amide bonds. The Labute approximate surface area is 167 Å². The monoisotopic (exact) mass is 385 g/mol. The molecule has 1 fully saturated rings. The maximum atomic E-state index is 12.6. The zero-order chi connectivity index (χ0) is 19.2. The quantitative estimate of drug-likeness (QED) is 0.822. The van der Waals surface area contributed by atoms with Crippen molar-refractivity contribution in [2.45, 2.75) is 25.8 Å². The number of carbonyl (C=O) groups excluding carboxylic acids is 1. The Balaban J connectivity index is 1.47. The van der Waals surface area contributed by atoms with Crippen LogP contribution in [-0.2, 0) is 4.79 Å². The van der Waals surface area contributed by atoms with E-state index in [9.17, 15) is 4.79 Å². The smallest absolute Gasteiger partial charge is 0.237 e. The highest BCUT2D eigenvalue weighted by Crippen LogP contribution is 2.21. The minimum absolute atomic E-state index is 0.106. The van der Waals surface area contributed by atoms with Crippen molar-refractivity contribution in [1.29, 1.82) is 0 Å². The third kappa shape index (κ3) is 5.24. The summed E-state index contributed by atoms with van der Waals surface area (Å²) in [5, 5.41) is 3.88. The summed E-state index contributed by atoms with van der Waals surface area (Å²) in [5.41, 5.74) is 2.40. The molecule has 2 unspecified atom stereocenters. The lowest BCUT2D eigenvalue weighted by molar-refractivity contribution is -0.126. The van der Waals surface area contributed by atoms with Gasteiger partial charge in [0.2, 0.25) is 5.91 Å². The van der Waals surface area contributed by atoms with Crippen LogP contribution in [-0.4, -0.2) is 49.6 Å². The molecule has 0 aromatic heterocycles. The molecule has 3 rings (SSSR count). The van der Waals surface area contributed by atoms with Crippen molar-refractivity contribution in [2.75, 3.05) is 37.6 Å². The summed E-state index contributed by atoms with van der Waals surface area (Å²) in [5.74, 6) is 0.413. The van der Waals surface area contributed by atoms with Gasteiger partial charge < -0.3 is 10.2 Å². The molecule has 1 heterocycles. The third-order valence-corrected chi connectivity index (χ3v) is 5.60. The highest BCUT2D eigenvalue weighted by Gasteiger charge is 2.25. The van der Waals surface area contributed by atoms with Gasteiger partial charge >= 0.3 is 0 Å². The summed E-state index contributed by atoms with van der Waals surface area (Å²) in [4.78, 5) is 17.2. The first-order valence-corrected chi connectivity index (χ1v) is 9.99.